The molecule has 0 saturated heterocycles. The SMILES string of the molecule is Cc1c(-c2ccnn2C)cc(C(=O)NCc2ccc(S(C)(=N)=O)cc2)c(=O)n1-c1cccc(C(F)(F)F)c1. The predicted molar refractivity (Wildman–Crippen MR) is 137 cm³/mol. The highest BCUT2D eigenvalue weighted by molar-refractivity contribution is 7.91. The minimum Gasteiger partial charge on any atom is -0.348 e. The predicted octanol–water partition coefficient (Wildman–Crippen LogP) is 4.53. The summed E-state index contributed by atoms with van der Waals surface area (Å²) in [5.41, 5.74) is -0.00775. The van der Waals surface area contributed by atoms with Crippen molar-refractivity contribution in [3.8, 4) is 16.9 Å². The van der Waals surface area contributed by atoms with Gasteiger partial charge in [0.15, 0.2) is 0 Å². The van der Waals surface area contributed by atoms with Crippen LogP contribution in [0.25, 0.3) is 16.9 Å². The highest BCUT2D eigenvalue weighted by Crippen LogP contribution is 2.31. The molecule has 1 unspecified atom stereocenters. The van der Waals surface area contributed by atoms with Gasteiger partial charge in [-0.1, -0.05) is 18.2 Å². The Labute approximate surface area is 216 Å². The number of hydrogen-bond donors (Lipinski definition) is 2. The zero-order valence-corrected chi connectivity index (χ0v) is 21.5. The number of carbonyl (C=O) groups excluding carboxylic acids is 1. The average molecular weight is 544 g/mol. The summed E-state index contributed by atoms with van der Waals surface area (Å²) >= 11 is 0. The number of pyridine rings is 1. The van der Waals surface area contributed by atoms with Crippen molar-refractivity contribution in [2.75, 3.05) is 6.26 Å². The number of rotatable bonds is 6. The van der Waals surface area contributed by atoms with E-state index in [9.17, 15) is 27.0 Å². The minimum absolute atomic E-state index is 0.0277. The van der Waals surface area contributed by atoms with E-state index >= 15 is 0 Å². The van der Waals surface area contributed by atoms with E-state index in [0.29, 0.717) is 27.4 Å². The van der Waals surface area contributed by atoms with Gasteiger partial charge in [0, 0.05) is 47.9 Å². The van der Waals surface area contributed by atoms with Crippen LogP contribution in [0, 0.1) is 11.7 Å². The van der Waals surface area contributed by atoms with Gasteiger partial charge in [0.2, 0.25) is 0 Å². The molecule has 2 aromatic heterocycles. The number of amides is 1. The van der Waals surface area contributed by atoms with Crippen molar-refractivity contribution in [3.05, 3.63) is 99.6 Å². The van der Waals surface area contributed by atoms with Crippen LogP contribution in [0.5, 0.6) is 0 Å². The lowest BCUT2D eigenvalue weighted by Crippen LogP contribution is -2.33. The van der Waals surface area contributed by atoms with Gasteiger partial charge in [-0.2, -0.15) is 18.3 Å². The molecular weight excluding hydrogens is 519 g/mol. The fourth-order valence-corrected chi connectivity index (χ4v) is 4.70. The molecule has 0 aliphatic rings. The molecule has 2 heterocycles. The van der Waals surface area contributed by atoms with E-state index in [1.807, 2.05) is 0 Å². The van der Waals surface area contributed by atoms with Gasteiger partial charge in [-0.25, -0.2) is 8.99 Å². The molecule has 0 saturated carbocycles. The molecule has 0 bridgehead atoms. The van der Waals surface area contributed by atoms with E-state index in [1.165, 1.54) is 47.5 Å². The lowest BCUT2D eigenvalue weighted by Gasteiger charge is -2.18. The van der Waals surface area contributed by atoms with Crippen LogP contribution < -0.4 is 10.9 Å². The third-order valence-electron chi connectivity index (χ3n) is 6.05. The first-order valence-corrected chi connectivity index (χ1v) is 13.3. The Morgan fingerprint density at radius 3 is 2.37 bits per heavy atom. The Kier molecular flexibility index (Phi) is 7.02. The monoisotopic (exact) mass is 543 g/mol. The van der Waals surface area contributed by atoms with Crippen molar-refractivity contribution in [3.63, 3.8) is 0 Å². The van der Waals surface area contributed by atoms with Crippen molar-refractivity contribution in [2.45, 2.75) is 24.5 Å². The molecule has 0 fully saturated rings. The second-order valence-corrected chi connectivity index (χ2v) is 10.9. The molecule has 0 aliphatic heterocycles. The Hall–Kier alpha value is -4.19. The van der Waals surface area contributed by atoms with Crippen LogP contribution in [0.2, 0.25) is 0 Å². The summed E-state index contributed by atoms with van der Waals surface area (Å²) in [5, 5.41) is 6.79. The standard InChI is InChI=1S/C26H24F3N5O3S/c1-16-21(23-11-12-32-33(23)2)14-22(24(35)31-15-17-7-9-20(10-8-17)38(3,30)37)25(36)34(16)19-6-4-5-18(13-19)26(27,28)29/h4-14,30H,15H2,1-3H3,(H,31,35). The fourth-order valence-electron chi connectivity index (χ4n) is 4.04. The van der Waals surface area contributed by atoms with Gasteiger partial charge in [0.05, 0.1) is 21.0 Å². The van der Waals surface area contributed by atoms with E-state index in [1.54, 1.807) is 32.2 Å². The fraction of sp³-hybridized carbons (Fsp3) is 0.192. The summed E-state index contributed by atoms with van der Waals surface area (Å²) in [5.74, 6) is -0.719. The number of carbonyl (C=O) groups is 1. The molecule has 0 radical (unpaired) electrons. The molecule has 0 spiro atoms. The van der Waals surface area contributed by atoms with Gasteiger partial charge in [-0.05, 0) is 55.0 Å². The van der Waals surface area contributed by atoms with Crippen LogP contribution in [-0.2, 0) is 29.5 Å². The zero-order chi connectivity index (χ0) is 27.8. The first kappa shape index (κ1) is 26.9. The topological polar surface area (TPSA) is 110 Å². The summed E-state index contributed by atoms with van der Waals surface area (Å²) in [4.78, 5) is 27.0. The maximum Gasteiger partial charge on any atom is 0.416 e. The van der Waals surface area contributed by atoms with Crippen LogP contribution in [0.3, 0.4) is 0 Å². The molecule has 4 aromatic rings. The van der Waals surface area contributed by atoms with Crippen LogP contribution in [0.1, 0.15) is 27.2 Å². The Bertz CT molecular complexity index is 1690. The summed E-state index contributed by atoms with van der Waals surface area (Å²) in [6.07, 6.45) is -1.78. The normalized spacial score (nSPS) is 13.2. The average Bonchev–Trinajstić information content (AvgIpc) is 3.27. The first-order valence-electron chi connectivity index (χ1n) is 11.3. The van der Waals surface area contributed by atoms with E-state index in [4.69, 9.17) is 4.78 Å². The van der Waals surface area contributed by atoms with E-state index in [0.717, 1.165) is 16.7 Å². The number of hydrogen-bond acceptors (Lipinski definition) is 5. The number of aromatic nitrogens is 3. The second-order valence-electron chi connectivity index (χ2n) is 8.76. The van der Waals surface area contributed by atoms with E-state index < -0.39 is 32.9 Å². The van der Waals surface area contributed by atoms with Gasteiger partial charge in [0.1, 0.15) is 5.56 Å². The molecule has 0 aliphatic carbocycles. The highest BCUT2D eigenvalue weighted by Gasteiger charge is 2.31. The van der Waals surface area contributed by atoms with Crippen molar-refractivity contribution >= 4 is 15.6 Å². The summed E-state index contributed by atoms with van der Waals surface area (Å²) in [7, 11) is -1.22. The molecule has 8 nitrogen and oxygen atoms in total. The summed E-state index contributed by atoms with van der Waals surface area (Å²) in [6.45, 7) is 1.62. The molecule has 12 heteroatoms. The third kappa shape index (κ3) is 5.40. The van der Waals surface area contributed by atoms with Gasteiger partial charge in [-0.3, -0.25) is 18.8 Å². The number of halogens is 3. The quantitative estimate of drug-likeness (QED) is 0.372. The number of nitrogens with one attached hydrogen (secondary N) is 2. The molecule has 198 valence electrons. The van der Waals surface area contributed by atoms with E-state index in [2.05, 4.69) is 10.4 Å². The molecule has 2 aromatic carbocycles. The molecule has 4 rings (SSSR count). The summed E-state index contributed by atoms with van der Waals surface area (Å²) in [6, 6.07) is 13.7. The highest BCUT2D eigenvalue weighted by atomic mass is 32.2. The number of nitrogens with zero attached hydrogens (tertiary/aromatic N) is 3. The maximum atomic E-state index is 13.5. The lowest BCUT2D eigenvalue weighted by atomic mass is 10.1. The van der Waals surface area contributed by atoms with Crippen LogP contribution in [0.15, 0.2) is 76.6 Å². The minimum atomic E-state index is -4.62. The molecule has 2 N–H and O–H groups in total. The number of benzene rings is 2. The summed E-state index contributed by atoms with van der Waals surface area (Å²) < 4.78 is 62.4. The van der Waals surface area contributed by atoms with Gasteiger partial charge < -0.3 is 5.32 Å². The molecule has 38 heavy (non-hydrogen) atoms. The Balaban J connectivity index is 1.78. The largest absolute Gasteiger partial charge is 0.416 e. The number of aryl methyl sites for hydroxylation is 1. The Morgan fingerprint density at radius 2 is 1.79 bits per heavy atom. The van der Waals surface area contributed by atoms with Crippen molar-refractivity contribution in [1.29, 1.82) is 4.78 Å². The second kappa shape index (κ2) is 9.93. The van der Waals surface area contributed by atoms with Crippen LogP contribution in [0.4, 0.5) is 13.2 Å². The van der Waals surface area contributed by atoms with Crippen molar-refractivity contribution in [2.24, 2.45) is 7.05 Å². The maximum absolute atomic E-state index is 13.5. The van der Waals surface area contributed by atoms with Crippen molar-refractivity contribution in [1.82, 2.24) is 19.7 Å². The molecule has 1 amide bonds. The van der Waals surface area contributed by atoms with Crippen LogP contribution in [-0.4, -0.2) is 30.7 Å². The molecular formula is C26H24F3N5O3S. The van der Waals surface area contributed by atoms with Crippen LogP contribution >= 0.6 is 0 Å². The molecule has 1 atom stereocenters. The lowest BCUT2D eigenvalue weighted by molar-refractivity contribution is -0.137. The van der Waals surface area contributed by atoms with E-state index in [-0.39, 0.29) is 17.8 Å². The number of alkyl halides is 3. The Morgan fingerprint density at radius 1 is 1.11 bits per heavy atom. The van der Waals surface area contributed by atoms with Gasteiger partial charge in [0.25, 0.3) is 11.5 Å². The smallest absolute Gasteiger partial charge is 0.348 e. The zero-order valence-electron chi connectivity index (χ0n) is 20.7. The van der Waals surface area contributed by atoms with Gasteiger partial charge >= 0.3 is 6.18 Å². The van der Waals surface area contributed by atoms with Crippen molar-refractivity contribution < 1.29 is 22.2 Å². The first-order chi connectivity index (χ1) is 17.8. The van der Waals surface area contributed by atoms with Gasteiger partial charge in [-0.15, -0.1) is 0 Å². The third-order valence-corrected chi connectivity index (χ3v) is 7.22.